The molecule has 0 saturated carbocycles. The highest BCUT2D eigenvalue weighted by molar-refractivity contribution is 6.38. The second-order valence-electron chi connectivity index (χ2n) is 5.96. The quantitative estimate of drug-likeness (QED) is 0.494. The van der Waals surface area contributed by atoms with Crippen LogP contribution in [0.4, 0.5) is 10.1 Å². The molecule has 27 heavy (non-hydrogen) atoms. The van der Waals surface area contributed by atoms with E-state index in [9.17, 15) is 18.8 Å². The molecule has 1 atom stereocenters. The normalized spacial score (nSPS) is 16.0. The Hall–Kier alpha value is -3.55. The van der Waals surface area contributed by atoms with Crippen molar-refractivity contribution >= 4 is 29.1 Å². The molecule has 2 aromatic carbocycles. The van der Waals surface area contributed by atoms with Crippen molar-refractivity contribution in [1.29, 1.82) is 0 Å². The minimum Gasteiger partial charge on any atom is -0.422 e. The molecule has 0 radical (unpaired) electrons. The molecule has 1 heterocycles. The van der Waals surface area contributed by atoms with Crippen LogP contribution < -0.4 is 15.5 Å². The zero-order valence-corrected chi connectivity index (χ0v) is 14.4. The number of hydrogen-bond donors (Lipinski definition) is 1. The van der Waals surface area contributed by atoms with E-state index in [-0.39, 0.29) is 23.7 Å². The van der Waals surface area contributed by atoms with Crippen LogP contribution in [0.2, 0.25) is 0 Å². The van der Waals surface area contributed by atoms with E-state index in [4.69, 9.17) is 10.5 Å². The van der Waals surface area contributed by atoms with Crippen molar-refractivity contribution in [1.82, 2.24) is 0 Å². The standard InChI is InChI=1S/C19H16FN3O4/c1-11(24)12-2-8-15(9-3-12)27-19(26)16-10-17(18(21)25)23(22-16)14-6-4-13(20)5-7-14/h2-9,17H,10H2,1H3,(H2,21,25)/t17-/m1/s1. The zero-order chi connectivity index (χ0) is 19.6. The second-order valence-corrected chi connectivity index (χ2v) is 5.96. The lowest BCUT2D eigenvalue weighted by atomic mass is 10.1. The van der Waals surface area contributed by atoms with Crippen LogP contribution in [-0.2, 0) is 9.59 Å². The maximum atomic E-state index is 13.1. The first-order chi connectivity index (χ1) is 12.8. The van der Waals surface area contributed by atoms with Crippen molar-refractivity contribution in [2.45, 2.75) is 19.4 Å². The first-order valence-corrected chi connectivity index (χ1v) is 8.10. The van der Waals surface area contributed by atoms with E-state index in [2.05, 4.69) is 5.10 Å². The average molecular weight is 369 g/mol. The Morgan fingerprint density at radius 1 is 1.11 bits per heavy atom. The van der Waals surface area contributed by atoms with Crippen LogP contribution >= 0.6 is 0 Å². The molecular formula is C19H16FN3O4. The van der Waals surface area contributed by atoms with Crippen molar-refractivity contribution in [2.75, 3.05) is 5.01 Å². The van der Waals surface area contributed by atoms with Crippen molar-refractivity contribution in [3.05, 3.63) is 59.9 Å². The number of nitrogens with zero attached hydrogens (tertiary/aromatic N) is 2. The van der Waals surface area contributed by atoms with Gasteiger partial charge in [0.15, 0.2) is 5.78 Å². The molecule has 3 rings (SSSR count). The first kappa shape index (κ1) is 18.2. The van der Waals surface area contributed by atoms with Gasteiger partial charge in [-0.1, -0.05) is 0 Å². The van der Waals surface area contributed by atoms with Gasteiger partial charge in [-0.15, -0.1) is 0 Å². The summed E-state index contributed by atoms with van der Waals surface area (Å²) in [6, 6.07) is 10.5. The average Bonchev–Trinajstić information content (AvgIpc) is 3.08. The monoisotopic (exact) mass is 369 g/mol. The van der Waals surface area contributed by atoms with Crippen LogP contribution in [-0.4, -0.2) is 29.4 Å². The predicted octanol–water partition coefficient (Wildman–Crippen LogP) is 2.05. The third-order valence-electron chi connectivity index (χ3n) is 4.04. The summed E-state index contributed by atoms with van der Waals surface area (Å²) in [5, 5.41) is 5.41. The number of anilines is 1. The number of halogens is 1. The van der Waals surface area contributed by atoms with Gasteiger partial charge in [-0.3, -0.25) is 14.6 Å². The highest BCUT2D eigenvalue weighted by Gasteiger charge is 2.35. The van der Waals surface area contributed by atoms with Crippen LogP contribution in [0.15, 0.2) is 53.6 Å². The molecule has 0 spiro atoms. The number of ether oxygens (including phenoxy) is 1. The summed E-state index contributed by atoms with van der Waals surface area (Å²) in [4.78, 5) is 35.4. The molecule has 8 heteroatoms. The largest absolute Gasteiger partial charge is 0.422 e. The highest BCUT2D eigenvalue weighted by atomic mass is 19.1. The number of carbonyl (C=O) groups excluding carboxylic acids is 3. The number of rotatable bonds is 5. The molecule has 0 aromatic heterocycles. The molecule has 1 aliphatic rings. The van der Waals surface area contributed by atoms with Gasteiger partial charge in [0.2, 0.25) is 5.91 Å². The van der Waals surface area contributed by atoms with E-state index >= 15 is 0 Å². The molecule has 0 aliphatic carbocycles. The van der Waals surface area contributed by atoms with Gasteiger partial charge in [0.25, 0.3) is 0 Å². The number of benzene rings is 2. The smallest absolute Gasteiger partial charge is 0.359 e. The van der Waals surface area contributed by atoms with Gasteiger partial charge in [0.1, 0.15) is 23.3 Å². The Balaban J connectivity index is 1.79. The Morgan fingerprint density at radius 2 is 1.74 bits per heavy atom. The van der Waals surface area contributed by atoms with Crippen LogP contribution in [0.25, 0.3) is 0 Å². The van der Waals surface area contributed by atoms with Gasteiger partial charge < -0.3 is 10.5 Å². The predicted molar refractivity (Wildman–Crippen MR) is 96.0 cm³/mol. The number of ketones is 1. The number of amides is 1. The van der Waals surface area contributed by atoms with E-state index in [1.807, 2.05) is 0 Å². The van der Waals surface area contributed by atoms with Crippen molar-refractivity contribution < 1.29 is 23.5 Å². The molecule has 0 bridgehead atoms. The maximum Gasteiger partial charge on any atom is 0.359 e. The first-order valence-electron chi connectivity index (χ1n) is 8.10. The summed E-state index contributed by atoms with van der Waals surface area (Å²) in [5.41, 5.74) is 6.33. The molecule has 0 saturated heterocycles. The van der Waals surface area contributed by atoms with E-state index in [1.54, 1.807) is 12.1 Å². The fourth-order valence-electron chi connectivity index (χ4n) is 2.61. The van der Waals surface area contributed by atoms with Gasteiger partial charge >= 0.3 is 5.97 Å². The third-order valence-corrected chi connectivity index (χ3v) is 4.04. The van der Waals surface area contributed by atoms with Gasteiger partial charge in [-0.25, -0.2) is 9.18 Å². The second kappa shape index (κ2) is 7.36. The zero-order valence-electron chi connectivity index (χ0n) is 14.4. The maximum absolute atomic E-state index is 13.1. The third kappa shape index (κ3) is 4.00. The number of primary amides is 1. The summed E-state index contributed by atoms with van der Waals surface area (Å²) < 4.78 is 18.4. The van der Waals surface area contributed by atoms with Crippen molar-refractivity contribution in [2.24, 2.45) is 10.8 Å². The number of esters is 1. The lowest BCUT2D eigenvalue weighted by molar-refractivity contribution is -0.127. The number of carbonyl (C=O) groups is 3. The Bertz CT molecular complexity index is 923. The summed E-state index contributed by atoms with van der Waals surface area (Å²) in [5.74, 6) is -1.71. The summed E-state index contributed by atoms with van der Waals surface area (Å²) in [7, 11) is 0. The van der Waals surface area contributed by atoms with Crippen LogP contribution in [0.5, 0.6) is 5.75 Å². The van der Waals surface area contributed by atoms with E-state index in [0.29, 0.717) is 11.3 Å². The van der Waals surface area contributed by atoms with Gasteiger partial charge in [0, 0.05) is 12.0 Å². The molecular weight excluding hydrogens is 353 g/mol. The lowest BCUT2D eigenvalue weighted by Crippen LogP contribution is -2.39. The summed E-state index contributed by atoms with van der Waals surface area (Å²) >= 11 is 0. The van der Waals surface area contributed by atoms with Crippen molar-refractivity contribution in [3.8, 4) is 5.75 Å². The van der Waals surface area contributed by atoms with E-state index in [1.165, 1.54) is 48.3 Å². The van der Waals surface area contributed by atoms with E-state index < -0.39 is 23.7 Å². The number of Topliss-reactive ketones (excluding diaryl/α,β-unsaturated/α-hetero) is 1. The van der Waals surface area contributed by atoms with Crippen LogP contribution in [0, 0.1) is 5.82 Å². The number of hydrogen-bond acceptors (Lipinski definition) is 6. The molecule has 0 unspecified atom stereocenters. The van der Waals surface area contributed by atoms with Gasteiger partial charge in [-0.05, 0) is 55.5 Å². The molecule has 1 amide bonds. The molecule has 7 nitrogen and oxygen atoms in total. The van der Waals surface area contributed by atoms with Gasteiger partial charge in [-0.2, -0.15) is 5.10 Å². The molecule has 2 aromatic rings. The van der Waals surface area contributed by atoms with Crippen molar-refractivity contribution in [3.63, 3.8) is 0 Å². The molecule has 1 aliphatic heterocycles. The lowest BCUT2D eigenvalue weighted by Gasteiger charge is -2.20. The fourth-order valence-corrected chi connectivity index (χ4v) is 2.61. The van der Waals surface area contributed by atoms with Crippen LogP contribution in [0.1, 0.15) is 23.7 Å². The highest BCUT2D eigenvalue weighted by Crippen LogP contribution is 2.25. The molecule has 0 fully saturated rings. The minimum absolute atomic E-state index is 0.0127. The Labute approximate surface area is 154 Å². The Kier molecular flexibility index (Phi) is 4.98. The minimum atomic E-state index is -0.877. The number of hydrazone groups is 1. The summed E-state index contributed by atoms with van der Waals surface area (Å²) in [6.07, 6.45) is -0.0307. The van der Waals surface area contributed by atoms with Gasteiger partial charge in [0.05, 0.1) is 5.69 Å². The fraction of sp³-hybridized carbons (Fsp3) is 0.158. The molecule has 138 valence electrons. The van der Waals surface area contributed by atoms with Crippen LogP contribution in [0.3, 0.4) is 0 Å². The summed E-state index contributed by atoms with van der Waals surface area (Å²) in [6.45, 7) is 1.43. The molecule has 2 N–H and O–H groups in total. The number of nitrogens with two attached hydrogens (primary N) is 1. The Morgan fingerprint density at radius 3 is 2.30 bits per heavy atom. The van der Waals surface area contributed by atoms with E-state index in [0.717, 1.165) is 0 Å². The topological polar surface area (TPSA) is 102 Å². The SMILES string of the molecule is CC(=O)c1ccc(OC(=O)C2=NN(c3ccc(F)cc3)[C@@H](C(N)=O)C2)cc1.